The molecule has 0 spiro atoms. The number of nitriles is 1. The predicted octanol–water partition coefficient (Wildman–Crippen LogP) is 15.0. The molecule has 258 valence electrons. The van der Waals surface area contributed by atoms with Gasteiger partial charge in [-0.15, -0.1) is 0 Å². The first-order valence-electron chi connectivity index (χ1n) is 19.1. The van der Waals surface area contributed by atoms with E-state index in [9.17, 15) is 0 Å². The molecule has 0 heterocycles. The Labute approximate surface area is 326 Å². The van der Waals surface area contributed by atoms with Crippen molar-refractivity contribution in [2.24, 2.45) is 0 Å². The van der Waals surface area contributed by atoms with Crippen LogP contribution >= 0.6 is 0 Å². The largest absolute Gasteiger partial charge is 0.192 e. The number of hydrogen-bond acceptors (Lipinski definition) is 1. The van der Waals surface area contributed by atoms with Gasteiger partial charge in [0.2, 0.25) is 0 Å². The summed E-state index contributed by atoms with van der Waals surface area (Å²) in [5, 5.41) is 16.7. The van der Waals surface area contributed by atoms with Crippen LogP contribution in [-0.4, -0.2) is 0 Å². The van der Waals surface area contributed by atoms with E-state index in [1.54, 1.807) is 0 Å². The lowest BCUT2D eigenvalue weighted by atomic mass is 9.82. The van der Waals surface area contributed by atoms with Crippen LogP contribution in [0.5, 0.6) is 0 Å². The van der Waals surface area contributed by atoms with Crippen molar-refractivity contribution in [1.82, 2.24) is 0 Å². The molecule has 0 saturated carbocycles. The van der Waals surface area contributed by atoms with Gasteiger partial charge in [0.05, 0.1) is 11.6 Å². The minimum absolute atomic E-state index is 0.674. The number of benzene rings is 10. The van der Waals surface area contributed by atoms with E-state index in [2.05, 4.69) is 182 Å². The second-order valence-corrected chi connectivity index (χ2v) is 14.7. The smallest absolute Gasteiger partial charge is 0.0991 e. The van der Waals surface area contributed by atoms with Crippen molar-refractivity contribution in [3.63, 3.8) is 0 Å². The van der Waals surface area contributed by atoms with Gasteiger partial charge in [-0.3, -0.25) is 0 Å². The van der Waals surface area contributed by atoms with Crippen molar-refractivity contribution in [3.8, 4) is 84.0 Å². The van der Waals surface area contributed by atoms with Gasteiger partial charge in [-0.1, -0.05) is 176 Å². The Morgan fingerprint density at radius 2 is 0.732 bits per heavy atom. The van der Waals surface area contributed by atoms with E-state index < -0.39 is 0 Å². The van der Waals surface area contributed by atoms with E-state index in [1.165, 1.54) is 99.1 Å². The van der Waals surface area contributed by atoms with Crippen LogP contribution in [0.1, 0.15) is 5.56 Å². The van der Waals surface area contributed by atoms with Crippen LogP contribution in [0.15, 0.2) is 200 Å². The molecule has 0 atom stereocenters. The molecule has 1 aliphatic rings. The monoisotopic (exact) mass is 707 g/mol. The fraction of sp³-hybridized carbons (Fsp3) is 0. The van der Waals surface area contributed by atoms with Gasteiger partial charge < -0.3 is 0 Å². The maximum Gasteiger partial charge on any atom is 0.0991 e. The number of hydrogen-bond donors (Lipinski definition) is 0. The summed E-state index contributed by atoms with van der Waals surface area (Å²) in [5.74, 6) is 0. The fourth-order valence-corrected chi connectivity index (χ4v) is 9.05. The van der Waals surface area contributed by atoms with Gasteiger partial charge in [-0.2, -0.15) is 5.26 Å². The molecule has 0 radical (unpaired) electrons. The molecular formula is C55H33N. The molecule has 0 unspecified atom stereocenters. The van der Waals surface area contributed by atoms with E-state index in [4.69, 9.17) is 5.26 Å². The standard InChI is InChI=1S/C55H33N/c56-34-35-18-20-36(21-19-35)37-22-24-38(25-23-37)41-26-27-43-33-44(29-28-42(43)32-41)45-30-31-50-53-46(45)16-9-17-49(53)54-51(39-10-3-1-4-11-39)47-14-7-8-15-48(47)52(55(50)54)40-12-5-2-6-13-40/h1-33H. The van der Waals surface area contributed by atoms with Gasteiger partial charge in [0.1, 0.15) is 0 Å². The summed E-state index contributed by atoms with van der Waals surface area (Å²) < 4.78 is 0. The highest BCUT2D eigenvalue weighted by Crippen LogP contribution is 2.58. The average Bonchev–Trinajstić information content (AvgIpc) is 3.60. The summed E-state index contributed by atoms with van der Waals surface area (Å²) in [7, 11) is 0. The molecule has 0 aromatic heterocycles. The van der Waals surface area contributed by atoms with Gasteiger partial charge in [0.25, 0.3) is 0 Å². The molecule has 10 aromatic rings. The zero-order chi connectivity index (χ0) is 37.2. The molecule has 56 heavy (non-hydrogen) atoms. The van der Waals surface area contributed by atoms with Crippen molar-refractivity contribution in [2.75, 3.05) is 0 Å². The van der Waals surface area contributed by atoms with Crippen LogP contribution in [0.25, 0.3) is 110 Å². The molecule has 1 heteroatoms. The number of rotatable bonds is 5. The first kappa shape index (κ1) is 31.9. The van der Waals surface area contributed by atoms with Crippen LogP contribution in [0.2, 0.25) is 0 Å². The zero-order valence-corrected chi connectivity index (χ0v) is 30.5. The second-order valence-electron chi connectivity index (χ2n) is 14.7. The van der Waals surface area contributed by atoms with E-state index in [1.807, 2.05) is 24.3 Å². The number of fused-ring (bicyclic) bond motifs is 5. The summed E-state index contributed by atoms with van der Waals surface area (Å²) >= 11 is 0. The van der Waals surface area contributed by atoms with Crippen molar-refractivity contribution in [2.45, 2.75) is 0 Å². The Morgan fingerprint density at radius 1 is 0.286 bits per heavy atom. The van der Waals surface area contributed by atoms with Crippen LogP contribution < -0.4 is 0 Å². The molecular weight excluding hydrogens is 675 g/mol. The first-order valence-corrected chi connectivity index (χ1v) is 19.1. The maximum atomic E-state index is 9.17. The molecule has 10 aromatic carbocycles. The maximum absolute atomic E-state index is 9.17. The summed E-state index contributed by atoms with van der Waals surface area (Å²) in [4.78, 5) is 0. The Bertz CT molecular complexity index is 3110. The summed E-state index contributed by atoms with van der Waals surface area (Å²) in [6.07, 6.45) is 0. The van der Waals surface area contributed by atoms with Gasteiger partial charge in [-0.25, -0.2) is 0 Å². The van der Waals surface area contributed by atoms with Crippen molar-refractivity contribution in [3.05, 3.63) is 206 Å². The first-order chi connectivity index (χ1) is 27.7. The lowest BCUT2D eigenvalue weighted by Gasteiger charge is -2.20. The Morgan fingerprint density at radius 3 is 1.32 bits per heavy atom. The van der Waals surface area contributed by atoms with Gasteiger partial charge in [0, 0.05) is 0 Å². The Hall–Kier alpha value is -7.53. The third-order valence-corrected chi connectivity index (χ3v) is 11.6. The normalized spacial score (nSPS) is 11.6. The molecule has 1 aliphatic carbocycles. The zero-order valence-electron chi connectivity index (χ0n) is 30.5. The van der Waals surface area contributed by atoms with Crippen molar-refractivity contribution < 1.29 is 0 Å². The topological polar surface area (TPSA) is 23.8 Å². The molecule has 0 N–H and O–H groups in total. The SMILES string of the molecule is N#Cc1ccc(-c2ccc(-c3ccc4cc(-c5ccc6c7c(cccc57)-c5c-6c(-c6ccccc6)c6ccccc6c5-c5ccccc5)ccc4c3)cc2)cc1. The van der Waals surface area contributed by atoms with Crippen molar-refractivity contribution >= 4 is 32.3 Å². The minimum Gasteiger partial charge on any atom is -0.192 e. The fourth-order valence-electron chi connectivity index (χ4n) is 9.05. The van der Waals surface area contributed by atoms with Crippen LogP contribution in [0.3, 0.4) is 0 Å². The molecule has 1 nitrogen and oxygen atoms in total. The predicted molar refractivity (Wildman–Crippen MR) is 235 cm³/mol. The second kappa shape index (κ2) is 12.8. The molecule has 0 aliphatic heterocycles. The molecule has 0 saturated heterocycles. The summed E-state index contributed by atoms with van der Waals surface area (Å²) in [6.45, 7) is 0. The van der Waals surface area contributed by atoms with Crippen molar-refractivity contribution in [1.29, 1.82) is 5.26 Å². The van der Waals surface area contributed by atoms with E-state index in [0.717, 1.165) is 11.1 Å². The lowest BCUT2D eigenvalue weighted by Crippen LogP contribution is -1.93. The van der Waals surface area contributed by atoms with Crippen LogP contribution in [0, 0.1) is 11.3 Å². The third-order valence-electron chi connectivity index (χ3n) is 11.6. The highest BCUT2D eigenvalue weighted by Gasteiger charge is 2.31. The quantitative estimate of drug-likeness (QED) is 0.175. The molecule has 0 bridgehead atoms. The van der Waals surface area contributed by atoms with Gasteiger partial charge in [0.15, 0.2) is 0 Å². The van der Waals surface area contributed by atoms with E-state index in [0.29, 0.717) is 5.56 Å². The van der Waals surface area contributed by atoms with Crippen LogP contribution in [0.4, 0.5) is 0 Å². The third kappa shape index (κ3) is 5.01. The summed E-state index contributed by atoms with van der Waals surface area (Å²) in [6, 6.07) is 74.7. The van der Waals surface area contributed by atoms with Crippen LogP contribution in [-0.2, 0) is 0 Å². The highest BCUT2D eigenvalue weighted by molar-refractivity contribution is 6.28. The van der Waals surface area contributed by atoms with Gasteiger partial charge >= 0.3 is 0 Å². The van der Waals surface area contributed by atoms with Gasteiger partial charge in [-0.05, 0) is 134 Å². The number of nitrogens with zero attached hydrogens (tertiary/aromatic N) is 1. The van der Waals surface area contributed by atoms with E-state index in [-0.39, 0.29) is 0 Å². The molecule has 0 fully saturated rings. The Balaban J connectivity index is 1.04. The summed E-state index contributed by atoms with van der Waals surface area (Å²) in [5.41, 5.74) is 18.1. The molecule has 0 amide bonds. The van der Waals surface area contributed by atoms with E-state index >= 15 is 0 Å². The minimum atomic E-state index is 0.674. The average molecular weight is 708 g/mol. The highest BCUT2D eigenvalue weighted by atomic mass is 14.3. The Kier molecular flexibility index (Phi) is 7.31. The molecule has 11 rings (SSSR count). The lowest BCUT2D eigenvalue weighted by molar-refractivity contribution is 1.48.